The molecule has 5 nitrogen and oxygen atoms in total. The zero-order chi connectivity index (χ0) is 46.3. The van der Waals surface area contributed by atoms with Crippen LogP contribution in [0.5, 0.6) is 0 Å². The highest BCUT2D eigenvalue weighted by molar-refractivity contribution is 6.11. The van der Waals surface area contributed by atoms with E-state index in [9.17, 15) is 0 Å². The molecule has 0 fully saturated rings. The van der Waals surface area contributed by atoms with Gasteiger partial charge in [0.05, 0.1) is 39.5 Å². The second-order valence-electron chi connectivity index (χ2n) is 17.7. The molecule has 3 aromatic heterocycles. The molecule has 0 aliphatic carbocycles. The maximum Gasteiger partial charge on any atom is 0.160 e. The predicted octanol–water partition coefficient (Wildman–Crippen LogP) is 16.3. The standard InChI is InChI=1S/C64H45N5/c1-42-23-27-44(28-24-42)50-31-34-53-54-35-32-51(45-29-25-43(2)26-30-45)39-62(54)69(61(53)38-50)60-36-33-52(64-66-56(46-15-7-3-8-16-46)40-57(67-64)47-17-9-4-10-18-47)37-55(60)59-41-58(48-19-11-5-12-20-48)65-63(68-59)49-21-13-6-14-22-49/h3-41H,1-2H3. The molecule has 5 heteroatoms. The molecule has 0 N–H and O–H groups in total. The van der Waals surface area contributed by atoms with Crippen LogP contribution in [0.15, 0.2) is 237 Å². The molecule has 0 saturated carbocycles. The molecule has 0 bridgehead atoms. The Bertz CT molecular complexity index is 3590. The van der Waals surface area contributed by atoms with E-state index in [1.165, 1.54) is 11.1 Å². The Morgan fingerprint density at radius 1 is 0.275 bits per heavy atom. The van der Waals surface area contributed by atoms with E-state index in [1.807, 2.05) is 36.4 Å². The minimum atomic E-state index is 0.620. The Hall–Kier alpha value is -9.06. The monoisotopic (exact) mass is 883 g/mol. The van der Waals surface area contributed by atoms with Gasteiger partial charge in [-0.3, -0.25) is 0 Å². The molecular weight excluding hydrogens is 839 g/mol. The molecule has 0 saturated heterocycles. The number of nitrogens with zero attached hydrogens (tertiary/aromatic N) is 5. The number of hydrogen-bond acceptors (Lipinski definition) is 4. The number of rotatable bonds is 9. The number of benzene rings is 9. The van der Waals surface area contributed by atoms with Crippen LogP contribution in [0.1, 0.15) is 11.1 Å². The van der Waals surface area contributed by atoms with Gasteiger partial charge in [0.25, 0.3) is 0 Å². The van der Waals surface area contributed by atoms with Crippen molar-refractivity contribution in [2.24, 2.45) is 0 Å². The normalized spacial score (nSPS) is 11.3. The predicted molar refractivity (Wildman–Crippen MR) is 285 cm³/mol. The van der Waals surface area contributed by atoms with Gasteiger partial charge in [0, 0.05) is 44.2 Å². The average Bonchev–Trinajstić information content (AvgIpc) is 3.74. The zero-order valence-corrected chi connectivity index (χ0v) is 38.3. The van der Waals surface area contributed by atoms with Crippen molar-refractivity contribution >= 4 is 21.8 Å². The van der Waals surface area contributed by atoms with Crippen LogP contribution in [0.4, 0.5) is 0 Å². The van der Waals surface area contributed by atoms with E-state index in [-0.39, 0.29) is 0 Å². The molecule has 3 heterocycles. The van der Waals surface area contributed by atoms with E-state index < -0.39 is 0 Å². The summed E-state index contributed by atoms with van der Waals surface area (Å²) in [5, 5.41) is 2.32. The van der Waals surface area contributed by atoms with E-state index in [0.29, 0.717) is 11.6 Å². The van der Waals surface area contributed by atoms with Gasteiger partial charge in [-0.2, -0.15) is 0 Å². The smallest absolute Gasteiger partial charge is 0.160 e. The SMILES string of the molecule is Cc1ccc(-c2ccc3c4ccc(-c5ccc(C)cc5)cc4n(-c4ccc(-c5nc(-c6ccccc6)cc(-c6ccccc6)n5)cc4-c4cc(-c5ccccc5)nc(-c5ccccc5)n4)c3c2)cc1. The van der Waals surface area contributed by atoms with Gasteiger partial charge in [0.1, 0.15) is 0 Å². The van der Waals surface area contributed by atoms with Crippen LogP contribution in [0.25, 0.3) is 118 Å². The summed E-state index contributed by atoms with van der Waals surface area (Å²) in [6, 6.07) is 83.5. The van der Waals surface area contributed by atoms with Crippen molar-refractivity contribution in [3.63, 3.8) is 0 Å². The second kappa shape index (κ2) is 17.6. The third kappa shape index (κ3) is 8.06. The molecule has 0 spiro atoms. The van der Waals surface area contributed by atoms with Gasteiger partial charge in [-0.05, 0) is 78.6 Å². The highest BCUT2D eigenvalue weighted by Gasteiger charge is 2.22. The lowest BCUT2D eigenvalue weighted by atomic mass is 10.0. The lowest BCUT2D eigenvalue weighted by molar-refractivity contribution is 1.14. The second-order valence-corrected chi connectivity index (χ2v) is 17.7. The number of aryl methyl sites for hydroxylation is 2. The number of fused-ring (bicyclic) bond motifs is 3. The highest BCUT2D eigenvalue weighted by Crippen LogP contribution is 2.42. The van der Waals surface area contributed by atoms with E-state index in [1.54, 1.807) is 0 Å². The molecule has 69 heavy (non-hydrogen) atoms. The summed E-state index contributed by atoms with van der Waals surface area (Å²) < 4.78 is 2.43. The largest absolute Gasteiger partial charge is 0.309 e. The summed E-state index contributed by atoms with van der Waals surface area (Å²) in [7, 11) is 0. The molecule has 0 amide bonds. The maximum atomic E-state index is 5.48. The van der Waals surface area contributed by atoms with E-state index in [0.717, 1.165) is 106 Å². The Balaban J connectivity index is 1.17. The molecule has 0 aliphatic heterocycles. The molecule has 326 valence electrons. The van der Waals surface area contributed by atoms with Gasteiger partial charge in [-0.15, -0.1) is 0 Å². The fourth-order valence-electron chi connectivity index (χ4n) is 9.35. The molecule has 0 unspecified atom stereocenters. The van der Waals surface area contributed by atoms with Crippen LogP contribution < -0.4 is 0 Å². The van der Waals surface area contributed by atoms with Crippen LogP contribution in [-0.4, -0.2) is 24.5 Å². The van der Waals surface area contributed by atoms with Gasteiger partial charge in [0.15, 0.2) is 11.6 Å². The van der Waals surface area contributed by atoms with Gasteiger partial charge in [-0.1, -0.05) is 205 Å². The summed E-state index contributed by atoms with van der Waals surface area (Å²) in [4.78, 5) is 21.3. The Kier molecular flexibility index (Phi) is 10.6. The lowest BCUT2D eigenvalue weighted by Crippen LogP contribution is -2.02. The first kappa shape index (κ1) is 41.4. The molecule has 9 aromatic carbocycles. The van der Waals surface area contributed by atoms with Crippen molar-refractivity contribution in [1.29, 1.82) is 0 Å². The summed E-state index contributed by atoms with van der Waals surface area (Å²) in [6.07, 6.45) is 0. The minimum absolute atomic E-state index is 0.620. The molecule has 12 rings (SSSR count). The number of aromatic nitrogens is 5. The van der Waals surface area contributed by atoms with Gasteiger partial charge >= 0.3 is 0 Å². The molecular formula is C64H45N5. The van der Waals surface area contributed by atoms with Gasteiger partial charge < -0.3 is 4.57 Å². The summed E-state index contributed by atoms with van der Waals surface area (Å²) in [6.45, 7) is 4.26. The van der Waals surface area contributed by atoms with Crippen molar-refractivity contribution in [3.05, 3.63) is 248 Å². The third-order valence-corrected chi connectivity index (χ3v) is 13.0. The van der Waals surface area contributed by atoms with Crippen LogP contribution in [0, 0.1) is 13.8 Å². The van der Waals surface area contributed by atoms with Crippen molar-refractivity contribution in [3.8, 4) is 95.7 Å². The summed E-state index contributed by atoms with van der Waals surface area (Å²) in [5.41, 5.74) is 19.3. The fourth-order valence-corrected chi connectivity index (χ4v) is 9.35. The minimum Gasteiger partial charge on any atom is -0.309 e. The number of hydrogen-bond donors (Lipinski definition) is 0. The zero-order valence-electron chi connectivity index (χ0n) is 38.3. The average molecular weight is 884 g/mol. The Morgan fingerprint density at radius 3 is 1.09 bits per heavy atom. The molecule has 12 aromatic rings. The third-order valence-electron chi connectivity index (χ3n) is 13.0. The van der Waals surface area contributed by atoms with Gasteiger partial charge in [-0.25, -0.2) is 19.9 Å². The first-order chi connectivity index (χ1) is 34.0. The van der Waals surface area contributed by atoms with Crippen LogP contribution >= 0.6 is 0 Å². The fraction of sp³-hybridized carbons (Fsp3) is 0.0312. The topological polar surface area (TPSA) is 56.5 Å². The van der Waals surface area contributed by atoms with Crippen molar-refractivity contribution in [2.45, 2.75) is 13.8 Å². The Labute approximate surface area is 401 Å². The molecule has 0 atom stereocenters. The van der Waals surface area contributed by atoms with Crippen molar-refractivity contribution < 1.29 is 0 Å². The van der Waals surface area contributed by atoms with E-state index >= 15 is 0 Å². The lowest BCUT2D eigenvalue weighted by Gasteiger charge is -2.18. The Morgan fingerprint density at radius 2 is 0.638 bits per heavy atom. The van der Waals surface area contributed by atoms with Crippen LogP contribution in [-0.2, 0) is 0 Å². The van der Waals surface area contributed by atoms with Crippen molar-refractivity contribution in [2.75, 3.05) is 0 Å². The maximum absolute atomic E-state index is 5.48. The first-order valence-corrected chi connectivity index (χ1v) is 23.4. The van der Waals surface area contributed by atoms with Crippen LogP contribution in [0.2, 0.25) is 0 Å². The van der Waals surface area contributed by atoms with E-state index in [2.05, 4.69) is 219 Å². The molecule has 0 radical (unpaired) electrons. The quantitative estimate of drug-likeness (QED) is 0.145. The van der Waals surface area contributed by atoms with Crippen molar-refractivity contribution in [1.82, 2.24) is 24.5 Å². The summed E-state index contributed by atoms with van der Waals surface area (Å²) >= 11 is 0. The van der Waals surface area contributed by atoms with Crippen LogP contribution in [0.3, 0.4) is 0 Å². The molecule has 0 aliphatic rings. The van der Waals surface area contributed by atoms with E-state index in [4.69, 9.17) is 19.9 Å². The summed E-state index contributed by atoms with van der Waals surface area (Å²) in [5.74, 6) is 1.26. The highest BCUT2D eigenvalue weighted by atomic mass is 15.0. The van der Waals surface area contributed by atoms with Gasteiger partial charge in [0.2, 0.25) is 0 Å². The first-order valence-electron chi connectivity index (χ1n) is 23.4.